The van der Waals surface area contributed by atoms with E-state index in [2.05, 4.69) is 51.9 Å². The molecular weight excluding hydrogens is 479 g/mol. The average molecular weight is 514 g/mol. The number of guanidine groups is 1. The lowest BCUT2D eigenvalue weighted by Crippen LogP contribution is -2.39. The fraction of sp³-hybridized carbons (Fsp3) is 0.591. The van der Waals surface area contributed by atoms with Gasteiger partial charge in [0.2, 0.25) is 0 Å². The van der Waals surface area contributed by atoms with E-state index in [9.17, 15) is 0 Å². The molecule has 7 heteroatoms. The van der Waals surface area contributed by atoms with Gasteiger partial charge in [-0.05, 0) is 43.2 Å². The lowest BCUT2D eigenvalue weighted by atomic mass is 10.1. The van der Waals surface area contributed by atoms with Gasteiger partial charge in [0.05, 0.1) is 12.7 Å². The predicted molar refractivity (Wildman–Crippen MR) is 131 cm³/mol. The van der Waals surface area contributed by atoms with Crippen molar-refractivity contribution in [2.24, 2.45) is 4.99 Å². The van der Waals surface area contributed by atoms with Crippen molar-refractivity contribution in [2.45, 2.75) is 45.1 Å². The van der Waals surface area contributed by atoms with Crippen LogP contribution in [0.2, 0.25) is 0 Å². The van der Waals surface area contributed by atoms with E-state index in [1.807, 2.05) is 7.05 Å². The Labute approximate surface area is 191 Å². The number of rotatable bonds is 10. The van der Waals surface area contributed by atoms with Crippen LogP contribution >= 0.6 is 24.0 Å². The zero-order valence-electron chi connectivity index (χ0n) is 17.6. The molecule has 2 heterocycles. The second-order valence-corrected chi connectivity index (χ2v) is 7.25. The summed E-state index contributed by atoms with van der Waals surface area (Å²) in [7, 11) is 1.81. The molecule has 0 bridgehead atoms. The molecule has 1 aliphatic heterocycles. The highest BCUT2D eigenvalue weighted by atomic mass is 127. The van der Waals surface area contributed by atoms with Crippen molar-refractivity contribution in [1.82, 2.24) is 15.6 Å². The summed E-state index contributed by atoms with van der Waals surface area (Å²) in [6.07, 6.45) is 7.69. The Morgan fingerprint density at radius 3 is 2.90 bits per heavy atom. The van der Waals surface area contributed by atoms with E-state index in [1.165, 1.54) is 22.0 Å². The maximum Gasteiger partial charge on any atom is 0.190 e. The molecule has 29 heavy (non-hydrogen) atoms. The van der Waals surface area contributed by atoms with Gasteiger partial charge < -0.3 is 25.1 Å². The number of fused-ring (bicyclic) bond motifs is 1. The number of halogens is 1. The van der Waals surface area contributed by atoms with Gasteiger partial charge in [-0.15, -0.1) is 24.0 Å². The van der Waals surface area contributed by atoms with Crippen LogP contribution in [0.15, 0.2) is 29.4 Å². The summed E-state index contributed by atoms with van der Waals surface area (Å²) in [6, 6.07) is 6.54. The Balaban J connectivity index is 0.00000300. The van der Waals surface area contributed by atoms with Gasteiger partial charge in [-0.2, -0.15) is 0 Å². The largest absolute Gasteiger partial charge is 0.379 e. The van der Waals surface area contributed by atoms with E-state index >= 15 is 0 Å². The van der Waals surface area contributed by atoms with E-state index in [0.29, 0.717) is 6.10 Å². The van der Waals surface area contributed by atoms with Gasteiger partial charge in [-0.3, -0.25) is 4.99 Å². The van der Waals surface area contributed by atoms with Crippen LogP contribution in [0.5, 0.6) is 0 Å². The zero-order valence-corrected chi connectivity index (χ0v) is 20.0. The monoisotopic (exact) mass is 514 g/mol. The molecule has 0 radical (unpaired) electrons. The first-order valence-electron chi connectivity index (χ1n) is 10.5. The van der Waals surface area contributed by atoms with Crippen LogP contribution in [-0.2, 0) is 22.3 Å². The van der Waals surface area contributed by atoms with Gasteiger partial charge in [-0.25, -0.2) is 0 Å². The molecule has 1 aromatic heterocycles. The first kappa shape index (κ1) is 24.0. The minimum Gasteiger partial charge on any atom is -0.379 e. The van der Waals surface area contributed by atoms with Crippen LogP contribution in [0, 0.1) is 0 Å². The lowest BCUT2D eigenvalue weighted by molar-refractivity contribution is 0.0168. The Kier molecular flexibility index (Phi) is 10.8. The SMILES string of the molecule is CCc1cccc2c(CCNC(=NC)NCCCOCC3CCCO3)c[nH]c12.I. The van der Waals surface area contributed by atoms with Crippen molar-refractivity contribution >= 4 is 40.8 Å². The van der Waals surface area contributed by atoms with Crippen molar-refractivity contribution in [2.75, 3.05) is 40.0 Å². The third-order valence-corrected chi connectivity index (χ3v) is 5.26. The number of H-pyrrole nitrogens is 1. The summed E-state index contributed by atoms with van der Waals surface area (Å²) >= 11 is 0. The molecule has 1 atom stereocenters. The fourth-order valence-electron chi connectivity index (χ4n) is 3.68. The Bertz CT molecular complexity index is 756. The van der Waals surface area contributed by atoms with Crippen molar-refractivity contribution in [3.8, 4) is 0 Å². The number of nitrogens with one attached hydrogen (secondary N) is 3. The number of ether oxygens (including phenoxy) is 2. The van der Waals surface area contributed by atoms with E-state index in [1.54, 1.807) is 0 Å². The Morgan fingerprint density at radius 2 is 2.14 bits per heavy atom. The van der Waals surface area contributed by atoms with E-state index in [0.717, 1.165) is 71.0 Å². The molecule has 2 aromatic rings. The summed E-state index contributed by atoms with van der Waals surface area (Å²) in [5, 5.41) is 8.08. The second kappa shape index (κ2) is 13.1. The first-order chi connectivity index (χ1) is 13.8. The van der Waals surface area contributed by atoms with Crippen LogP contribution in [0.1, 0.15) is 37.3 Å². The number of nitrogens with zero attached hydrogens (tertiary/aromatic N) is 1. The van der Waals surface area contributed by atoms with Crippen LogP contribution in [-0.4, -0.2) is 57.0 Å². The number of aromatic amines is 1. The minimum absolute atomic E-state index is 0. The molecule has 0 spiro atoms. The summed E-state index contributed by atoms with van der Waals surface area (Å²) in [5.41, 5.74) is 3.98. The standard InChI is InChI=1S/C22H34N4O2.HI/c1-3-17-7-4-9-20-18(15-26-21(17)20)10-12-25-22(23-2)24-11-6-13-27-16-19-8-5-14-28-19;/h4,7,9,15,19,26H,3,5-6,8,10-14,16H2,1-2H3,(H2,23,24,25);1H. The van der Waals surface area contributed by atoms with E-state index in [-0.39, 0.29) is 24.0 Å². The van der Waals surface area contributed by atoms with Gasteiger partial charge in [-0.1, -0.05) is 25.1 Å². The summed E-state index contributed by atoms with van der Waals surface area (Å²) in [4.78, 5) is 7.74. The normalized spacial score (nSPS) is 16.8. The quantitative estimate of drug-likeness (QED) is 0.196. The van der Waals surface area contributed by atoms with Crippen LogP contribution in [0.4, 0.5) is 0 Å². The minimum atomic E-state index is 0. The second-order valence-electron chi connectivity index (χ2n) is 7.25. The summed E-state index contributed by atoms with van der Waals surface area (Å²) < 4.78 is 11.3. The summed E-state index contributed by atoms with van der Waals surface area (Å²) in [5.74, 6) is 0.841. The number of aromatic nitrogens is 1. The van der Waals surface area contributed by atoms with Crippen molar-refractivity contribution in [3.05, 3.63) is 35.5 Å². The highest BCUT2D eigenvalue weighted by Crippen LogP contribution is 2.22. The Hall–Kier alpha value is -1.32. The molecule has 1 fully saturated rings. The topological polar surface area (TPSA) is 70.7 Å². The van der Waals surface area contributed by atoms with Gasteiger partial charge in [0.25, 0.3) is 0 Å². The van der Waals surface area contributed by atoms with Crippen molar-refractivity contribution < 1.29 is 9.47 Å². The molecule has 0 saturated carbocycles. The summed E-state index contributed by atoms with van der Waals surface area (Å²) in [6.45, 7) is 6.24. The lowest BCUT2D eigenvalue weighted by Gasteiger charge is -2.13. The zero-order chi connectivity index (χ0) is 19.6. The van der Waals surface area contributed by atoms with Gasteiger partial charge >= 0.3 is 0 Å². The average Bonchev–Trinajstić information content (AvgIpc) is 3.39. The van der Waals surface area contributed by atoms with Gasteiger partial charge in [0, 0.05) is 50.5 Å². The molecule has 1 saturated heterocycles. The number of para-hydroxylation sites is 1. The molecule has 6 nitrogen and oxygen atoms in total. The first-order valence-corrected chi connectivity index (χ1v) is 10.5. The maximum absolute atomic E-state index is 5.69. The third kappa shape index (κ3) is 7.15. The van der Waals surface area contributed by atoms with Crippen LogP contribution < -0.4 is 10.6 Å². The molecule has 1 unspecified atom stereocenters. The van der Waals surface area contributed by atoms with Gasteiger partial charge in [0.1, 0.15) is 0 Å². The highest BCUT2D eigenvalue weighted by molar-refractivity contribution is 14.0. The highest BCUT2D eigenvalue weighted by Gasteiger charge is 2.14. The van der Waals surface area contributed by atoms with E-state index in [4.69, 9.17) is 9.47 Å². The van der Waals surface area contributed by atoms with Crippen molar-refractivity contribution in [1.29, 1.82) is 0 Å². The third-order valence-electron chi connectivity index (χ3n) is 5.26. The number of aryl methyl sites for hydroxylation is 1. The van der Waals surface area contributed by atoms with Crippen LogP contribution in [0.25, 0.3) is 10.9 Å². The number of hydrogen-bond donors (Lipinski definition) is 3. The Morgan fingerprint density at radius 1 is 1.28 bits per heavy atom. The number of aliphatic imine (C=N–C) groups is 1. The predicted octanol–water partition coefficient (Wildman–Crippen LogP) is 3.64. The van der Waals surface area contributed by atoms with E-state index < -0.39 is 0 Å². The molecule has 162 valence electrons. The number of benzene rings is 1. The van der Waals surface area contributed by atoms with Gasteiger partial charge in [0.15, 0.2) is 5.96 Å². The fourth-order valence-corrected chi connectivity index (χ4v) is 3.68. The molecule has 3 rings (SSSR count). The van der Waals surface area contributed by atoms with Crippen LogP contribution in [0.3, 0.4) is 0 Å². The molecular formula is C22H35IN4O2. The molecule has 3 N–H and O–H groups in total. The molecule has 0 aliphatic carbocycles. The maximum atomic E-state index is 5.69. The van der Waals surface area contributed by atoms with Crippen molar-refractivity contribution in [3.63, 3.8) is 0 Å². The molecule has 1 aliphatic rings. The molecule has 1 aromatic carbocycles. The number of hydrogen-bond acceptors (Lipinski definition) is 3. The smallest absolute Gasteiger partial charge is 0.190 e. The molecule has 0 amide bonds.